The van der Waals surface area contributed by atoms with Gasteiger partial charge in [-0.05, 0) is 55.3 Å². The largest absolute Gasteiger partial charge is 0.0820 e. The molecule has 3 aliphatic carbocycles. The van der Waals surface area contributed by atoms with Crippen LogP contribution in [0.5, 0.6) is 0 Å². The molecule has 0 N–H and O–H groups in total. The standard InChI is InChI=1S/C15H24I2/c1-9-6-7-12-13(8-9)15(17)11-5-3-2-4-10(11)14(12)16/h9-15H,2-8H2,1H3. The van der Waals surface area contributed by atoms with Crippen molar-refractivity contribution >= 4 is 45.2 Å². The fourth-order valence-electron chi connectivity index (χ4n) is 4.82. The minimum atomic E-state index is 0.997. The van der Waals surface area contributed by atoms with Gasteiger partial charge in [0.2, 0.25) is 0 Å². The minimum Gasteiger partial charge on any atom is -0.0820 e. The zero-order chi connectivity index (χ0) is 12.0. The van der Waals surface area contributed by atoms with E-state index in [0.29, 0.717) is 0 Å². The van der Waals surface area contributed by atoms with E-state index in [-0.39, 0.29) is 0 Å². The molecule has 2 heteroatoms. The summed E-state index contributed by atoms with van der Waals surface area (Å²) in [4.78, 5) is 0. The van der Waals surface area contributed by atoms with E-state index >= 15 is 0 Å². The van der Waals surface area contributed by atoms with Crippen LogP contribution in [-0.4, -0.2) is 7.85 Å². The van der Waals surface area contributed by atoms with Gasteiger partial charge in [-0.1, -0.05) is 71.4 Å². The highest BCUT2D eigenvalue weighted by Gasteiger charge is 2.50. The zero-order valence-electron chi connectivity index (χ0n) is 10.7. The summed E-state index contributed by atoms with van der Waals surface area (Å²) in [5.41, 5.74) is 0. The van der Waals surface area contributed by atoms with E-state index in [2.05, 4.69) is 52.1 Å². The smallest absolute Gasteiger partial charge is 0.0172 e. The first-order chi connectivity index (χ1) is 8.18. The average Bonchev–Trinajstić information content (AvgIpc) is 2.36. The monoisotopic (exact) mass is 458 g/mol. The molecule has 7 unspecified atom stereocenters. The molecule has 0 spiro atoms. The first-order valence-corrected chi connectivity index (χ1v) is 9.95. The van der Waals surface area contributed by atoms with Crippen molar-refractivity contribution in [1.29, 1.82) is 0 Å². The van der Waals surface area contributed by atoms with Gasteiger partial charge in [-0.3, -0.25) is 0 Å². The molecule has 3 fully saturated rings. The number of hydrogen-bond acceptors (Lipinski definition) is 0. The lowest BCUT2D eigenvalue weighted by molar-refractivity contribution is 0.0635. The number of fused-ring (bicyclic) bond motifs is 2. The van der Waals surface area contributed by atoms with Crippen LogP contribution in [0.15, 0.2) is 0 Å². The first kappa shape index (κ1) is 13.4. The quantitative estimate of drug-likeness (QED) is 0.334. The molecule has 0 aromatic heterocycles. The van der Waals surface area contributed by atoms with Crippen molar-refractivity contribution in [2.45, 2.75) is 59.7 Å². The van der Waals surface area contributed by atoms with Crippen molar-refractivity contribution in [1.82, 2.24) is 0 Å². The van der Waals surface area contributed by atoms with Gasteiger partial charge in [0.15, 0.2) is 0 Å². The summed E-state index contributed by atoms with van der Waals surface area (Å²) in [5.74, 6) is 5.25. The summed E-state index contributed by atoms with van der Waals surface area (Å²) < 4.78 is 2.00. The number of alkyl halides is 2. The molecule has 0 bridgehead atoms. The molecule has 3 saturated carbocycles. The predicted octanol–water partition coefficient (Wildman–Crippen LogP) is 5.47. The molecular formula is C15H24I2. The van der Waals surface area contributed by atoms with Crippen LogP contribution in [-0.2, 0) is 0 Å². The summed E-state index contributed by atoms with van der Waals surface area (Å²) in [7, 11) is 0. The van der Waals surface area contributed by atoms with Gasteiger partial charge in [-0.25, -0.2) is 0 Å². The summed E-state index contributed by atoms with van der Waals surface area (Å²) >= 11 is 5.68. The lowest BCUT2D eigenvalue weighted by Crippen LogP contribution is -2.50. The van der Waals surface area contributed by atoms with Crippen LogP contribution in [0.1, 0.15) is 51.9 Å². The van der Waals surface area contributed by atoms with Gasteiger partial charge in [0.1, 0.15) is 0 Å². The zero-order valence-corrected chi connectivity index (χ0v) is 15.1. The van der Waals surface area contributed by atoms with Crippen LogP contribution < -0.4 is 0 Å². The van der Waals surface area contributed by atoms with Gasteiger partial charge in [-0.15, -0.1) is 0 Å². The summed E-state index contributed by atoms with van der Waals surface area (Å²) in [6.45, 7) is 2.48. The van der Waals surface area contributed by atoms with Crippen molar-refractivity contribution in [2.24, 2.45) is 29.6 Å². The molecule has 7 atom stereocenters. The maximum absolute atomic E-state index is 2.84. The second-order valence-electron chi connectivity index (χ2n) is 6.75. The summed E-state index contributed by atoms with van der Waals surface area (Å²) in [5, 5.41) is 0. The van der Waals surface area contributed by atoms with E-state index in [1.165, 1.54) is 44.9 Å². The highest BCUT2D eigenvalue weighted by atomic mass is 127. The second kappa shape index (κ2) is 5.45. The Bertz CT molecular complexity index is 278. The second-order valence-corrected chi connectivity index (χ2v) is 9.62. The van der Waals surface area contributed by atoms with Crippen molar-refractivity contribution in [2.75, 3.05) is 0 Å². The molecule has 0 radical (unpaired) electrons. The maximum Gasteiger partial charge on any atom is 0.0172 e. The van der Waals surface area contributed by atoms with Crippen LogP contribution >= 0.6 is 45.2 Å². The van der Waals surface area contributed by atoms with E-state index < -0.39 is 0 Å². The summed E-state index contributed by atoms with van der Waals surface area (Å²) in [6, 6.07) is 0. The van der Waals surface area contributed by atoms with Crippen LogP contribution in [0.3, 0.4) is 0 Å². The lowest BCUT2D eigenvalue weighted by atomic mass is 9.58. The van der Waals surface area contributed by atoms with Gasteiger partial charge in [0, 0.05) is 7.85 Å². The Morgan fingerprint density at radius 2 is 1.24 bits per heavy atom. The SMILES string of the molecule is CC1CCC2C(I)C3CCCCC3C(I)C2C1. The van der Waals surface area contributed by atoms with Gasteiger partial charge in [0.25, 0.3) is 0 Å². The highest BCUT2D eigenvalue weighted by molar-refractivity contribution is 14.1. The normalized spacial score (nSPS) is 54.9. The number of rotatable bonds is 0. The third kappa shape index (κ3) is 2.43. The minimum absolute atomic E-state index is 0.997. The van der Waals surface area contributed by atoms with Crippen molar-refractivity contribution < 1.29 is 0 Å². The van der Waals surface area contributed by atoms with E-state index in [1.54, 1.807) is 0 Å². The Balaban J connectivity index is 1.82. The van der Waals surface area contributed by atoms with Gasteiger partial charge in [-0.2, -0.15) is 0 Å². The van der Waals surface area contributed by atoms with Crippen LogP contribution in [0.2, 0.25) is 0 Å². The topological polar surface area (TPSA) is 0 Å². The van der Waals surface area contributed by atoms with Gasteiger partial charge >= 0.3 is 0 Å². The number of halogens is 2. The third-order valence-corrected chi connectivity index (χ3v) is 9.42. The molecule has 98 valence electrons. The molecule has 0 aromatic carbocycles. The van der Waals surface area contributed by atoms with Crippen LogP contribution in [0, 0.1) is 29.6 Å². The molecule has 0 saturated heterocycles. The molecule has 3 aliphatic rings. The molecule has 0 heterocycles. The summed E-state index contributed by atoms with van der Waals surface area (Å²) in [6.07, 6.45) is 10.7. The van der Waals surface area contributed by atoms with E-state index in [1.807, 2.05) is 0 Å². The van der Waals surface area contributed by atoms with Crippen molar-refractivity contribution in [3.05, 3.63) is 0 Å². The van der Waals surface area contributed by atoms with E-state index in [9.17, 15) is 0 Å². The maximum atomic E-state index is 2.84. The molecule has 0 amide bonds. The molecule has 0 nitrogen and oxygen atoms in total. The van der Waals surface area contributed by atoms with Gasteiger partial charge in [0.05, 0.1) is 0 Å². The average molecular weight is 458 g/mol. The predicted molar refractivity (Wildman–Crippen MR) is 91.1 cm³/mol. The van der Waals surface area contributed by atoms with Crippen molar-refractivity contribution in [3.63, 3.8) is 0 Å². The highest BCUT2D eigenvalue weighted by Crippen LogP contribution is 2.55. The Labute approximate surface area is 133 Å². The van der Waals surface area contributed by atoms with Gasteiger partial charge < -0.3 is 0 Å². The fourth-order valence-corrected chi connectivity index (χ4v) is 8.33. The van der Waals surface area contributed by atoms with E-state index in [4.69, 9.17) is 0 Å². The fraction of sp³-hybridized carbons (Fsp3) is 1.00. The van der Waals surface area contributed by atoms with Crippen molar-refractivity contribution in [3.8, 4) is 0 Å². The first-order valence-electron chi connectivity index (χ1n) is 7.46. The Hall–Kier alpha value is 1.46. The molecule has 0 aliphatic heterocycles. The van der Waals surface area contributed by atoms with Crippen LogP contribution in [0.4, 0.5) is 0 Å². The molecular weight excluding hydrogens is 434 g/mol. The molecule has 3 rings (SSSR count). The lowest BCUT2D eigenvalue weighted by Gasteiger charge is -2.53. The third-order valence-electron chi connectivity index (χ3n) is 5.73. The number of hydrogen-bond donors (Lipinski definition) is 0. The molecule has 17 heavy (non-hydrogen) atoms. The Morgan fingerprint density at radius 1 is 0.706 bits per heavy atom. The molecule has 0 aromatic rings. The van der Waals surface area contributed by atoms with E-state index in [0.717, 1.165) is 37.4 Å². The Morgan fingerprint density at radius 3 is 1.88 bits per heavy atom. The van der Waals surface area contributed by atoms with Crippen LogP contribution in [0.25, 0.3) is 0 Å². The Kier molecular flexibility index (Phi) is 4.31.